The first-order valence-corrected chi connectivity index (χ1v) is 13.0. The summed E-state index contributed by atoms with van der Waals surface area (Å²) in [4.78, 5) is 55.9. The first-order valence-electron chi connectivity index (χ1n) is 13.0. The highest BCUT2D eigenvalue weighted by Gasteiger charge is 2.46. The van der Waals surface area contributed by atoms with Crippen molar-refractivity contribution in [1.82, 2.24) is 20.0 Å². The molecule has 0 unspecified atom stereocenters. The molecule has 0 spiro atoms. The van der Waals surface area contributed by atoms with Crippen molar-refractivity contribution in [3.8, 4) is 11.4 Å². The fraction of sp³-hybridized carbons (Fsp3) is 0.393. The lowest BCUT2D eigenvalue weighted by Gasteiger charge is -2.36. The van der Waals surface area contributed by atoms with E-state index in [2.05, 4.69) is 5.43 Å². The number of cyclic esters (lactones) is 1. The number of benzene rings is 1. The summed E-state index contributed by atoms with van der Waals surface area (Å²) in [6.07, 6.45) is 0.682. The molecule has 12 heteroatoms. The summed E-state index contributed by atoms with van der Waals surface area (Å²) >= 11 is 0. The van der Waals surface area contributed by atoms with Crippen molar-refractivity contribution >= 4 is 28.7 Å². The number of nitrogens with one attached hydrogen (secondary N) is 1. The van der Waals surface area contributed by atoms with Crippen molar-refractivity contribution < 1.29 is 33.7 Å². The topological polar surface area (TPSA) is 151 Å². The smallest absolute Gasteiger partial charge is 0.343 e. The number of aryl methyl sites for hydroxylation is 1. The number of hydrogen-bond donors (Lipinski definition) is 3. The average molecular weight is 551 g/mol. The van der Waals surface area contributed by atoms with E-state index in [1.807, 2.05) is 0 Å². The third-order valence-corrected chi connectivity index (χ3v) is 8.34. The summed E-state index contributed by atoms with van der Waals surface area (Å²) < 4.78 is 21.7. The molecule has 3 aliphatic rings. The van der Waals surface area contributed by atoms with E-state index in [0.717, 1.165) is 10.6 Å². The van der Waals surface area contributed by atoms with E-state index in [1.165, 1.54) is 17.6 Å². The second-order valence-electron chi connectivity index (χ2n) is 10.5. The lowest BCUT2D eigenvalue weighted by atomic mass is 9.81. The predicted octanol–water partition coefficient (Wildman–Crippen LogP) is 1.39. The molecule has 1 aromatic carbocycles. The maximum absolute atomic E-state index is 15.1. The fourth-order valence-electron chi connectivity index (χ4n) is 6.35. The van der Waals surface area contributed by atoms with Crippen molar-refractivity contribution in [2.45, 2.75) is 64.8 Å². The van der Waals surface area contributed by atoms with Crippen LogP contribution in [0.3, 0.4) is 0 Å². The SMILES string of the molecule is CC[C@@]1(O)C(=O)OCc2c1cc1n(c2=O)Cc2c-1nc1cc(F)c(C)c3c1c2[C@@H](N(NC(C)=O)C(=O)CO)CC3. The number of aliphatic hydroxyl groups excluding tert-OH is 1. The molecule has 0 saturated carbocycles. The monoisotopic (exact) mass is 550 g/mol. The van der Waals surface area contributed by atoms with E-state index in [4.69, 9.17) is 9.72 Å². The highest BCUT2D eigenvalue weighted by molar-refractivity contribution is 5.94. The maximum Gasteiger partial charge on any atom is 0.343 e. The van der Waals surface area contributed by atoms with Crippen LogP contribution in [0.1, 0.15) is 66.1 Å². The second-order valence-corrected chi connectivity index (χ2v) is 10.5. The van der Waals surface area contributed by atoms with Gasteiger partial charge in [-0.2, -0.15) is 0 Å². The highest BCUT2D eigenvalue weighted by atomic mass is 19.1. The number of carbonyl (C=O) groups is 3. The van der Waals surface area contributed by atoms with Gasteiger partial charge in [-0.1, -0.05) is 6.92 Å². The summed E-state index contributed by atoms with van der Waals surface area (Å²) in [6, 6.07) is 2.12. The van der Waals surface area contributed by atoms with Gasteiger partial charge >= 0.3 is 5.97 Å². The van der Waals surface area contributed by atoms with Crippen molar-refractivity contribution in [2.75, 3.05) is 6.61 Å². The molecule has 11 nitrogen and oxygen atoms in total. The Morgan fingerprint density at radius 1 is 1.27 bits per heavy atom. The van der Waals surface area contributed by atoms with Gasteiger partial charge in [0.2, 0.25) is 5.91 Å². The Morgan fingerprint density at radius 2 is 2.02 bits per heavy atom. The summed E-state index contributed by atoms with van der Waals surface area (Å²) in [6.45, 7) is 3.45. The maximum atomic E-state index is 15.1. The van der Waals surface area contributed by atoms with Gasteiger partial charge in [0.15, 0.2) is 5.60 Å². The summed E-state index contributed by atoms with van der Waals surface area (Å²) in [7, 11) is 0. The van der Waals surface area contributed by atoms with E-state index in [-0.39, 0.29) is 30.7 Å². The normalized spacial score (nSPS) is 20.4. The van der Waals surface area contributed by atoms with Gasteiger partial charge in [-0.3, -0.25) is 19.8 Å². The number of rotatable bonds is 3. The van der Waals surface area contributed by atoms with Gasteiger partial charge in [-0.25, -0.2) is 19.2 Å². The number of aromatic nitrogens is 2. The van der Waals surface area contributed by atoms with Crippen LogP contribution in [0.15, 0.2) is 16.9 Å². The largest absolute Gasteiger partial charge is 0.458 e. The standard InChI is InChI=1S/C28H27FN4O7/c1-4-28(39)17-7-21-25-15(9-32(21)26(37)16(17)11-40-27(28)38)24-20(33(22(36)10-34)31-13(3)35)6-5-14-12(2)18(29)8-19(30-25)23(14)24/h7-8,20,34,39H,4-6,9-11H2,1-3H3,(H,31,35)/t20-,28-/m0/s1. The summed E-state index contributed by atoms with van der Waals surface area (Å²) in [5.74, 6) is -2.54. The van der Waals surface area contributed by atoms with Crippen LogP contribution < -0.4 is 11.0 Å². The molecule has 40 heavy (non-hydrogen) atoms. The zero-order chi connectivity index (χ0) is 28.7. The van der Waals surface area contributed by atoms with E-state index in [1.54, 1.807) is 19.9 Å². The quantitative estimate of drug-likeness (QED) is 0.256. The number of pyridine rings is 2. The van der Waals surface area contributed by atoms with Gasteiger partial charge in [-0.05, 0) is 48.9 Å². The Bertz CT molecular complexity index is 1730. The van der Waals surface area contributed by atoms with E-state index < -0.39 is 47.4 Å². The molecule has 0 saturated heterocycles. The van der Waals surface area contributed by atoms with Crippen LogP contribution in [-0.2, 0) is 44.3 Å². The minimum Gasteiger partial charge on any atom is -0.458 e. The Labute approximate surface area is 227 Å². The van der Waals surface area contributed by atoms with Crippen molar-refractivity contribution in [3.05, 3.63) is 61.7 Å². The number of nitrogens with zero attached hydrogens (tertiary/aromatic N) is 3. The third-order valence-electron chi connectivity index (χ3n) is 8.34. The van der Waals surface area contributed by atoms with Crippen LogP contribution in [0.2, 0.25) is 0 Å². The zero-order valence-corrected chi connectivity index (χ0v) is 22.1. The molecule has 0 bridgehead atoms. The number of hydrogen-bond acceptors (Lipinski definition) is 8. The van der Waals surface area contributed by atoms with Crippen LogP contribution in [-0.4, -0.2) is 49.2 Å². The number of aliphatic hydroxyl groups is 2. The molecular weight excluding hydrogens is 523 g/mol. The Morgan fingerprint density at radius 3 is 2.70 bits per heavy atom. The fourth-order valence-corrected chi connectivity index (χ4v) is 6.35. The number of halogens is 1. The molecule has 2 aliphatic heterocycles. The molecule has 6 rings (SSSR count). The molecule has 0 fully saturated rings. The molecule has 4 heterocycles. The van der Waals surface area contributed by atoms with Crippen molar-refractivity contribution in [2.24, 2.45) is 0 Å². The van der Waals surface area contributed by atoms with Crippen LogP contribution in [0.4, 0.5) is 4.39 Å². The van der Waals surface area contributed by atoms with Gasteiger partial charge in [0, 0.05) is 29.5 Å². The number of hydrazine groups is 1. The number of amides is 2. The van der Waals surface area contributed by atoms with E-state index in [9.17, 15) is 29.4 Å². The number of fused-ring (bicyclic) bond motifs is 5. The lowest BCUT2D eigenvalue weighted by Crippen LogP contribution is -2.49. The van der Waals surface area contributed by atoms with Crippen molar-refractivity contribution in [1.29, 1.82) is 0 Å². The van der Waals surface area contributed by atoms with Gasteiger partial charge < -0.3 is 19.5 Å². The Kier molecular flexibility index (Phi) is 5.82. The first kappa shape index (κ1) is 26.1. The first-order chi connectivity index (χ1) is 19.0. The van der Waals surface area contributed by atoms with Crippen LogP contribution in [0, 0.1) is 12.7 Å². The predicted molar refractivity (Wildman–Crippen MR) is 138 cm³/mol. The molecule has 1 aliphatic carbocycles. The van der Waals surface area contributed by atoms with Crippen LogP contribution in [0.5, 0.6) is 0 Å². The van der Waals surface area contributed by atoms with Gasteiger partial charge in [0.25, 0.3) is 11.5 Å². The lowest BCUT2D eigenvalue weighted by molar-refractivity contribution is -0.172. The van der Waals surface area contributed by atoms with Gasteiger partial charge in [0.1, 0.15) is 19.0 Å². The minimum atomic E-state index is -2.01. The molecule has 2 aromatic heterocycles. The number of ether oxygens (including phenoxy) is 1. The molecule has 2 amide bonds. The number of esters is 1. The molecule has 208 valence electrons. The number of carbonyl (C=O) groups excluding carboxylic acids is 3. The van der Waals surface area contributed by atoms with Gasteiger partial charge in [0.05, 0.1) is 35.1 Å². The Hall–Kier alpha value is -4.16. The summed E-state index contributed by atoms with van der Waals surface area (Å²) in [5, 5.41) is 22.6. The summed E-state index contributed by atoms with van der Waals surface area (Å²) in [5.41, 5.74) is 3.71. The van der Waals surface area contributed by atoms with Crippen LogP contribution >= 0.6 is 0 Å². The molecule has 2 atom stereocenters. The Balaban J connectivity index is 1.67. The minimum absolute atomic E-state index is 0.0180. The molecular formula is C28H27FN4O7. The highest BCUT2D eigenvalue weighted by Crippen LogP contribution is 2.47. The molecule has 3 aromatic rings. The van der Waals surface area contributed by atoms with Gasteiger partial charge in [-0.15, -0.1) is 0 Å². The average Bonchev–Trinajstić information content (AvgIpc) is 3.30. The van der Waals surface area contributed by atoms with E-state index >= 15 is 4.39 Å². The third kappa shape index (κ3) is 3.45. The van der Waals surface area contributed by atoms with Crippen molar-refractivity contribution in [3.63, 3.8) is 0 Å². The van der Waals surface area contributed by atoms with E-state index in [0.29, 0.717) is 51.8 Å². The molecule has 3 N–H and O–H groups in total. The second kappa shape index (κ2) is 8.93. The van der Waals surface area contributed by atoms with Crippen LogP contribution in [0.25, 0.3) is 22.3 Å². The molecule has 0 radical (unpaired) electrons. The zero-order valence-electron chi connectivity index (χ0n) is 22.1.